The Morgan fingerprint density at radius 1 is 1.19 bits per heavy atom. The zero-order chi connectivity index (χ0) is 23.1. The molecule has 3 rings (SSSR count). The number of ketones is 1. The fourth-order valence-electron chi connectivity index (χ4n) is 3.18. The van der Waals surface area contributed by atoms with Crippen LogP contribution in [0.25, 0.3) is 11.4 Å². The lowest BCUT2D eigenvalue weighted by Gasteiger charge is -2.12. The highest BCUT2D eigenvalue weighted by atomic mass is 32.2. The maximum atomic E-state index is 14.3. The highest BCUT2D eigenvalue weighted by molar-refractivity contribution is 8.00. The number of halogens is 1. The number of nitrogens with zero attached hydrogens (tertiary/aromatic N) is 3. The molecule has 8 heteroatoms. The summed E-state index contributed by atoms with van der Waals surface area (Å²) in [6, 6.07) is 13.8. The molecule has 1 amide bonds. The fourth-order valence-corrected chi connectivity index (χ4v) is 4.11. The van der Waals surface area contributed by atoms with Crippen LogP contribution in [-0.4, -0.2) is 38.2 Å². The van der Waals surface area contributed by atoms with Gasteiger partial charge in [-0.25, -0.2) is 4.39 Å². The van der Waals surface area contributed by atoms with Crippen molar-refractivity contribution in [1.29, 1.82) is 0 Å². The number of benzene rings is 2. The predicted octanol–water partition coefficient (Wildman–Crippen LogP) is 4.31. The van der Waals surface area contributed by atoms with E-state index in [-0.39, 0.29) is 17.5 Å². The normalized spacial score (nSPS) is 11.7. The second kappa shape index (κ2) is 10.9. The minimum absolute atomic E-state index is 0.0380. The first-order chi connectivity index (χ1) is 15.4. The number of amides is 1. The summed E-state index contributed by atoms with van der Waals surface area (Å²) in [6.45, 7) is 8.01. The number of Topliss-reactive ketones (excluding diaryl/α,β-unsaturated/α-hetero) is 1. The molecule has 0 saturated carbocycles. The third kappa shape index (κ3) is 5.70. The summed E-state index contributed by atoms with van der Waals surface area (Å²) < 4.78 is 16.0. The number of carbonyl (C=O) groups is 2. The van der Waals surface area contributed by atoms with Gasteiger partial charge in [0.2, 0.25) is 5.91 Å². The summed E-state index contributed by atoms with van der Waals surface area (Å²) in [4.78, 5) is 23.9. The highest BCUT2D eigenvalue weighted by Crippen LogP contribution is 2.29. The van der Waals surface area contributed by atoms with Crippen molar-refractivity contribution < 1.29 is 14.0 Å². The number of rotatable bonds is 10. The molecule has 1 N–H and O–H groups in total. The second-order valence-corrected chi connectivity index (χ2v) is 8.55. The number of carbonyl (C=O) groups excluding carboxylic acids is 2. The first-order valence-electron chi connectivity index (χ1n) is 10.2. The quantitative estimate of drug-likeness (QED) is 0.282. The number of allylic oxidation sites excluding steroid dienone is 1. The number of thioether (sulfide) groups is 1. The Labute approximate surface area is 190 Å². The summed E-state index contributed by atoms with van der Waals surface area (Å²) in [5, 5.41) is 11.2. The third-order valence-corrected chi connectivity index (χ3v) is 5.90. The van der Waals surface area contributed by atoms with E-state index >= 15 is 0 Å². The minimum atomic E-state index is -0.415. The zero-order valence-electron chi connectivity index (χ0n) is 18.0. The number of nitrogens with one attached hydrogen (secondary N) is 1. The van der Waals surface area contributed by atoms with E-state index in [0.717, 1.165) is 5.56 Å². The van der Waals surface area contributed by atoms with Gasteiger partial charge in [-0.3, -0.25) is 14.2 Å². The van der Waals surface area contributed by atoms with Crippen molar-refractivity contribution in [3.8, 4) is 11.4 Å². The van der Waals surface area contributed by atoms with Gasteiger partial charge >= 0.3 is 0 Å². The Kier molecular flexibility index (Phi) is 7.94. The molecule has 6 nitrogen and oxygen atoms in total. The minimum Gasteiger partial charge on any atom is -0.356 e. The summed E-state index contributed by atoms with van der Waals surface area (Å²) in [7, 11) is 0. The van der Waals surface area contributed by atoms with Crippen LogP contribution in [0.2, 0.25) is 0 Å². The maximum Gasteiger partial charge on any atom is 0.216 e. The molecular weight excluding hydrogens is 427 g/mol. The lowest BCUT2D eigenvalue weighted by molar-refractivity contribution is -0.118. The molecule has 1 aromatic heterocycles. The van der Waals surface area contributed by atoms with Gasteiger partial charge in [-0.15, -0.1) is 16.8 Å². The van der Waals surface area contributed by atoms with Crippen molar-refractivity contribution in [2.45, 2.75) is 37.2 Å². The van der Waals surface area contributed by atoms with E-state index in [1.54, 1.807) is 41.0 Å². The molecule has 1 unspecified atom stereocenters. The van der Waals surface area contributed by atoms with Crippen molar-refractivity contribution >= 4 is 23.5 Å². The summed E-state index contributed by atoms with van der Waals surface area (Å²) in [6.07, 6.45) is 2.38. The van der Waals surface area contributed by atoms with E-state index in [2.05, 4.69) is 22.1 Å². The molecule has 0 aliphatic heterocycles. The topological polar surface area (TPSA) is 76.9 Å². The second-order valence-electron chi connectivity index (χ2n) is 7.24. The van der Waals surface area contributed by atoms with Gasteiger partial charge in [-0.2, -0.15) is 0 Å². The third-order valence-electron chi connectivity index (χ3n) is 4.82. The Morgan fingerprint density at radius 3 is 2.56 bits per heavy atom. The zero-order valence-corrected chi connectivity index (χ0v) is 18.9. The molecule has 2 aromatic carbocycles. The molecule has 1 heterocycles. The van der Waals surface area contributed by atoms with Crippen molar-refractivity contribution in [2.75, 3.05) is 6.54 Å². The Bertz CT molecular complexity index is 1110. The van der Waals surface area contributed by atoms with E-state index in [9.17, 15) is 14.0 Å². The van der Waals surface area contributed by atoms with Gasteiger partial charge in [0, 0.05) is 25.6 Å². The standard InChI is InChI=1S/C24H25FN4O2S/c1-4-15-29-23(20-7-5-6-8-21(20)25)27-28-24(29)32-16(2)22(31)19-11-9-18(10-12-19)13-14-26-17(3)30/h4-12,16H,1,13-15H2,2-3H3,(H,26,30). The molecular formula is C24H25FN4O2S. The summed E-state index contributed by atoms with van der Waals surface area (Å²) in [5.41, 5.74) is 1.98. The van der Waals surface area contributed by atoms with Gasteiger partial charge in [-0.05, 0) is 31.0 Å². The highest BCUT2D eigenvalue weighted by Gasteiger charge is 2.22. The first kappa shape index (κ1) is 23.4. The summed E-state index contributed by atoms with van der Waals surface area (Å²) >= 11 is 1.28. The molecule has 166 valence electrons. The van der Waals surface area contributed by atoms with Gasteiger partial charge in [-0.1, -0.05) is 54.2 Å². The molecule has 3 aromatic rings. The Balaban J connectivity index is 1.73. The average Bonchev–Trinajstić information content (AvgIpc) is 3.16. The van der Waals surface area contributed by atoms with E-state index in [1.165, 1.54) is 24.8 Å². The SMILES string of the molecule is C=CCn1c(SC(C)C(=O)c2ccc(CCNC(C)=O)cc2)nnc1-c1ccccc1F. The van der Waals surface area contributed by atoms with Crippen molar-refractivity contribution in [3.63, 3.8) is 0 Å². The van der Waals surface area contributed by atoms with Gasteiger partial charge < -0.3 is 5.32 Å². The fraction of sp³-hybridized carbons (Fsp3) is 0.250. The molecule has 0 radical (unpaired) electrons. The van der Waals surface area contributed by atoms with Crippen molar-refractivity contribution in [2.24, 2.45) is 0 Å². The molecule has 32 heavy (non-hydrogen) atoms. The van der Waals surface area contributed by atoms with E-state index in [1.807, 2.05) is 19.1 Å². The van der Waals surface area contributed by atoms with Crippen LogP contribution in [-0.2, 0) is 17.8 Å². The van der Waals surface area contributed by atoms with Gasteiger partial charge in [0.25, 0.3) is 0 Å². The molecule has 0 aliphatic rings. The lowest BCUT2D eigenvalue weighted by atomic mass is 10.0. The molecule has 0 bridgehead atoms. The largest absolute Gasteiger partial charge is 0.356 e. The number of hydrogen-bond donors (Lipinski definition) is 1. The van der Waals surface area contributed by atoms with Gasteiger partial charge in [0.15, 0.2) is 16.8 Å². The van der Waals surface area contributed by atoms with E-state index < -0.39 is 5.25 Å². The molecule has 0 saturated heterocycles. The van der Waals surface area contributed by atoms with Gasteiger partial charge in [0.1, 0.15) is 5.82 Å². The van der Waals surface area contributed by atoms with Crippen molar-refractivity contribution in [1.82, 2.24) is 20.1 Å². The van der Waals surface area contributed by atoms with E-state index in [4.69, 9.17) is 0 Å². The molecule has 0 fully saturated rings. The molecule has 0 spiro atoms. The first-order valence-corrected chi connectivity index (χ1v) is 11.1. The average molecular weight is 453 g/mol. The van der Waals surface area contributed by atoms with Crippen LogP contribution in [0.3, 0.4) is 0 Å². The summed E-state index contributed by atoms with van der Waals surface area (Å²) in [5.74, 6) is -0.0905. The Hall–Kier alpha value is -3.26. The van der Waals surface area contributed by atoms with E-state index in [0.29, 0.717) is 41.6 Å². The van der Waals surface area contributed by atoms with Gasteiger partial charge in [0.05, 0.1) is 10.8 Å². The van der Waals surface area contributed by atoms with Crippen LogP contribution in [0.4, 0.5) is 4.39 Å². The molecule has 0 aliphatic carbocycles. The van der Waals surface area contributed by atoms with Crippen LogP contribution in [0.15, 0.2) is 66.3 Å². The molecule has 1 atom stereocenters. The van der Waals surface area contributed by atoms with Crippen LogP contribution >= 0.6 is 11.8 Å². The lowest BCUT2D eigenvalue weighted by Crippen LogP contribution is -2.22. The smallest absolute Gasteiger partial charge is 0.216 e. The Morgan fingerprint density at radius 2 is 1.91 bits per heavy atom. The van der Waals surface area contributed by atoms with Crippen LogP contribution in [0.5, 0.6) is 0 Å². The number of hydrogen-bond acceptors (Lipinski definition) is 5. The monoisotopic (exact) mass is 452 g/mol. The van der Waals surface area contributed by atoms with Crippen LogP contribution in [0.1, 0.15) is 29.8 Å². The number of aromatic nitrogens is 3. The van der Waals surface area contributed by atoms with Crippen LogP contribution in [0, 0.1) is 5.82 Å². The van der Waals surface area contributed by atoms with Crippen molar-refractivity contribution in [3.05, 3.63) is 78.1 Å². The van der Waals surface area contributed by atoms with Crippen LogP contribution < -0.4 is 5.32 Å². The predicted molar refractivity (Wildman–Crippen MR) is 124 cm³/mol. The maximum absolute atomic E-state index is 14.3.